The van der Waals surface area contributed by atoms with Gasteiger partial charge < -0.3 is 10.2 Å². The summed E-state index contributed by atoms with van der Waals surface area (Å²) in [5.74, 6) is 1.23. The van der Waals surface area contributed by atoms with E-state index in [1.54, 1.807) is 25.1 Å². The quantitative estimate of drug-likeness (QED) is 0.848. The molecule has 0 amide bonds. The average molecular weight is 301 g/mol. The van der Waals surface area contributed by atoms with Gasteiger partial charge in [-0.2, -0.15) is 0 Å². The zero-order chi connectivity index (χ0) is 14.0. The van der Waals surface area contributed by atoms with E-state index in [0.717, 1.165) is 0 Å². The molecule has 3 N–H and O–H groups in total. The van der Waals surface area contributed by atoms with Gasteiger partial charge in [-0.3, -0.25) is 0 Å². The highest BCUT2D eigenvalue weighted by atomic mass is 35.5. The second kappa shape index (κ2) is 5.24. The standard InChI is InChI=1S/C12H13ClN2O3S/c1-8-5-6-9(18-8)7-15-19(16,17)12-10(13)3-2-4-11(12)14/h2-6,15H,7,14H2,1H3. The maximum Gasteiger partial charge on any atom is 0.244 e. The highest BCUT2D eigenvalue weighted by Gasteiger charge is 2.21. The van der Waals surface area contributed by atoms with Crippen LogP contribution in [0.25, 0.3) is 0 Å². The Morgan fingerprint density at radius 3 is 2.63 bits per heavy atom. The van der Waals surface area contributed by atoms with E-state index >= 15 is 0 Å². The first-order chi connectivity index (χ1) is 8.90. The van der Waals surface area contributed by atoms with Gasteiger partial charge in [0.1, 0.15) is 16.4 Å². The highest BCUT2D eigenvalue weighted by molar-refractivity contribution is 7.89. The molecule has 0 radical (unpaired) electrons. The van der Waals surface area contributed by atoms with E-state index in [0.29, 0.717) is 11.5 Å². The smallest absolute Gasteiger partial charge is 0.244 e. The van der Waals surface area contributed by atoms with Crippen molar-refractivity contribution in [1.82, 2.24) is 4.72 Å². The number of aryl methyl sites for hydroxylation is 1. The van der Waals surface area contributed by atoms with E-state index in [-0.39, 0.29) is 22.2 Å². The first-order valence-corrected chi connectivity index (χ1v) is 7.35. The first kappa shape index (κ1) is 13.9. The molecular formula is C12H13ClN2O3S. The fourth-order valence-corrected chi connectivity index (χ4v) is 3.29. The Kier molecular flexibility index (Phi) is 3.84. The average Bonchev–Trinajstić information content (AvgIpc) is 2.72. The molecule has 0 bridgehead atoms. The van der Waals surface area contributed by atoms with Crippen molar-refractivity contribution >= 4 is 27.3 Å². The lowest BCUT2D eigenvalue weighted by Crippen LogP contribution is -2.24. The number of nitrogen functional groups attached to an aromatic ring is 1. The lowest BCUT2D eigenvalue weighted by atomic mass is 10.3. The monoisotopic (exact) mass is 300 g/mol. The summed E-state index contributed by atoms with van der Waals surface area (Å²) in [5.41, 5.74) is 5.76. The molecule has 1 heterocycles. The summed E-state index contributed by atoms with van der Waals surface area (Å²) in [6.45, 7) is 1.82. The Balaban J connectivity index is 2.23. The van der Waals surface area contributed by atoms with Crippen LogP contribution in [0.1, 0.15) is 11.5 Å². The van der Waals surface area contributed by atoms with Crippen molar-refractivity contribution in [3.05, 3.63) is 46.9 Å². The Morgan fingerprint density at radius 1 is 1.32 bits per heavy atom. The van der Waals surface area contributed by atoms with Gasteiger partial charge in [-0.05, 0) is 31.2 Å². The van der Waals surface area contributed by atoms with Gasteiger partial charge in [0.05, 0.1) is 17.3 Å². The minimum Gasteiger partial charge on any atom is -0.465 e. The van der Waals surface area contributed by atoms with Gasteiger partial charge >= 0.3 is 0 Å². The van der Waals surface area contributed by atoms with Crippen molar-refractivity contribution in [1.29, 1.82) is 0 Å². The molecule has 1 aromatic heterocycles. The topological polar surface area (TPSA) is 85.3 Å². The van der Waals surface area contributed by atoms with Crippen molar-refractivity contribution in [3.63, 3.8) is 0 Å². The van der Waals surface area contributed by atoms with Crippen LogP contribution in [-0.4, -0.2) is 8.42 Å². The molecule has 0 fully saturated rings. The number of nitrogens with one attached hydrogen (secondary N) is 1. The zero-order valence-electron chi connectivity index (χ0n) is 10.2. The summed E-state index contributed by atoms with van der Waals surface area (Å²) in [5, 5.41) is 0.0862. The molecule has 0 aliphatic heterocycles. The number of benzene rings is 1. The second-order valence-corrected chi connectivity index (χ2v) is 6.11. The van der Waals surface area contributed by atoms with Gasteiger partial charge in [0.25, 0.3) is 0 Å². The van der Waals surface area contributed by atoms with E-state index < -0.39 is 10.0 Å². The van der Waals surface area contributed by atoms with E-state index in [1.165, 1.54) is 12.1 Å². The van der Waals surface area contributed by atoms with E-state index in [4.69, 9.17) is 21.8 Å². The van der Waals surface area contributed by atoms with Gasteiger partial charge in [0.2, 0.25) is 10.0 Å². The summed E-state index contributed by atoms with van der Waals surface area (Å²) in [6.07, 6.45) is 0. The Labute approximate surface area is 116 Å². The molecule has 0 atom stereocenters. The van der Waals surface area contributed by atoms with Gasteiger partial charge in [-0.25, -0.2) is 13.1 Å². The fourth-order valence-electron chi connectivity index (χ4n) is 1.63. The van der Waals surface area contributed by atoms with Crippen LogP contribution in [0.15, 0.2) is 39.6 Å². The predicted octanol–water partition coefficient (Wildman–Crippen LogP) is 2.30. The Morgan fingerprint density at radius 2 is 2.05 bits per heavy atom. The van der Waals surface area contributed by atoms with Crippen LogP contribution < -0.4 is 10.5 Å². The van der Waals surface area contributed by atoms with Crippen molar-refractivity contribution in [2.75, 3.05) is 5.73 Å². The number of hydrogen-bond acceptors (Lipinski definition) is 4. The van der Waals surface area contributed by atoms with E-state index in [9.17, 15) is 8.42 Å². The lowest BCUT2D eigenvalue weighted by molar-refractivity contribution is 0.475. The third kappa shape index (κ3) is 3.09. The van der Waals surface area contributed by atoms with Crippen molar-refractivity contribution in [2.24, 2.45) is 0 Å². The molecule has 0 unspecified atom stereocenters. The second-order valence-electron chi connectivity index (χ2n) is 4.00. The summed E-state index contributed by atoms with van der Waals surface area (Å²) in [4.78, 5) is -0.111. The van der Waals surface area contributed by atoms with Crippen LogP contribution in [-0.2, 0) is 16.6 Å². The molecule has 2 aromatic rings. The Bertz CT molecular complexity index is 675. The maximum atomic E-state index is 12.1. The van der Waals surface area contributed by atoms with Crippen LogP contribution >= 0.6 is 11.6 Å². The van der Waals surface area contributed by atoms with E-state index in [2.05, 4.69) is 4.72 Å². The van der Waals surface area contributed by atoms with Crippen molar-refractivity contribution in [3.8, 4) is 0 Å². The molecule has 0 saturated heterocycles. The molecule has 5 nitrogen and oxygen atoms in total. The normalized spacial score (nSPS) is 11.7. The van der Waals surface area contributed by atoms with Crippen LogP contribution in [0, 0.1) is 6.92 Å². The SMILES string of the molecule is Cc1ccc(CNS(=O)(=O)c2c(N)cccc2Cl)o1. The molecule has 0 saturated carbocycles. The number of rotatable bonds is 4. The predicted molar refractivity (Wildman–Crippen MR) is 73.3 cm³/mol. The van der Waals surface area contributed by atoms with Gasteiger partial charge in [0.15, 0.2) is 0 Å². The molecule has 19 heavy (non-hydrogen) atoms. The number of halogens is 1. The molecule has 0 spiro atoms. The first-order valence-electron chi connectivity index (χ1n) is 5.49. The molecular weight excluding hydrogens is 288 g/mol. The maximum absolute atomic E-state index is 12.1. The summed E-state index contributed by atoms with van der Waals surface area (Å²) < 4.78 is 32.0. The number of hydrogen-bond donors (Lipinski definition) is 2. The number of anilines is 1. The molecule has 0 aliphatic carbocycles. The fraction of sp³-hybridized carbons (Fsp3) is 0.167. The number of sulfonamides is 1. The molecule has 102 valence electrons. The van der Waals surface area contributed by atoms with Crippen LogP contribution in [0.3, 0.4) is 0 Å². The molecule has 2 rings (SSSR count). The van der Waals surface area contributed by atoms with Crippen LogP contribution in [0.5, 0.6) is 0 Å². The summed E-state index contributed by atoms with van der Waals surface area (Å²) >= 11 is 5.88. The number of furan rings is 1. The van der Waals surface area contributed by atoms with Gasteiger partial charge in [-0.15, -0.1) is 0 Å². The summed E-state index contributed by atoms with van der Waals surface area (Å²) in [6, 6.07) is 8.01. The van der Waals surface area contributed by atoms with Gasteiger partial charge in [-0.1, -0.05) is 17.7 Å². The minimum atomic E-state index is -3.78. The van der Waals surface area contributed by atoms with Crippen molar-refractivity contribution in [2.45, 2.75) is 18.4 Å². The number of nitrogens with two attached hydrogens (primary N) is 1. The molecule has 7 heteroatoms. The lowest BCUT2D eigenvalue weighted by Gasteiger charge is -2.09. The Hall–Kier alpha value is -1.50. The molecule has 1 aromatic carbocycles. The third-order valence-electron chi connectivity index (χ3n) is 2.50. The van der Waals surface area contributed by atoms with Gasteiger partial charge in [0, 0.05) is 0 Å². The third-order valence-corrected chi connectivity index (χ3v) is 4.44. The van der Waals surface area contributed by atoms with Crippen LogP contribution in [0.2, 0.25) is 5.02 Å². The van der Waals surface area contributed by atoms with E-state index in [1.807, 2.05) is 0 Å². The largest absolute Gasteiger partial charge is 0.465 e. The van der Waals surface area contributed by atoms with Crippen molar-refractivity contribution < 1.29 is 12.8 Å². The molecule has 0 aliphatic rings. The zero-order valence-corrected chi connectivity index (χ0v) is 11.8. The highest BCUT2D eigenvalue weighted by Crippen LogP contribution is 2.26. The van der Waals surface area contributed by atoms with Crippen LogP contribution in [0.4, 0.5) is 5.69 Å². The minimum absolute atomic E-state index is 0.0425. The summed E-state index contributed by atoms with van der Waals surface area (Å²) in [7, 11) is -3.78.